The van der Waals surface area contributed by atoms with E-state index in [4.69, 9.17) is 0 Å². The molecule has 0 spiro atoms. The monoisotopic (exact) mass is 299 g/mol. The molecule has 0 amide bonds. The van der Waals surface area contributed by atoms with E-state index in [1.54, 1.807) is 0 Å². The summed E-state index contributed by atoms with van der Waals surface area (Å²) in [5, 5.41) is 2.16. The van der Waals surface area contributed by atoms with Crippen LogP contribution in [0.3, 0.4) is 0 Å². The van der Waals surface area contributed by atoms with Gasteiger partial charge in [-0.05, 0) is 55.8 Å². The van der Waals surface area contributed by atoms with Gasteiger partial charge >= 0.3 is 0 Å². The molecule has 0 aliphatic carbocycles. The van der Waals surface area contributed by atoms with Crippen molar-refractivity contribution >= 4 is 17.1 Å². The van der Waals surface area contributed by atoms with E-state index >= 15 is 0 Å². The molecule has 0 saturated heterocycles. The van der Waals surface area contributed by atoms with Gasteiger partial charge in [-0.25, -0.2) is 0 Å². The molecule has 0 saturated carbocycles. The molecule has 1 aromatic carbocycles. The summed E-state index contributed by atoms with van der Waals surface area (Å²) < 4.78 is 0. The molecule has 110 valence electrons. The van der Waals surface area contributed by atoms with Crippen molar-refractivity contribution in [2.24, 2.45) is 0 Å². The number of thiophene rings is 1. The zero-order chi connectivity index (χ0) is 15.0. The number of Topliss-reactive ketones (excluding diaryl/α,β-unsaturated/α-hetero) is 1. The SMILES string of the molecule is Cc1ccc(C)c(C(=O)C(C)N2CCc3sccc3C2)c1. The van der Waals surface area contributed by atoms with Gasteiger partial charge in [0.05, 0.1) is 6.04 Å². The van der Waals surface area contributed by atoms with Gasteiger partial charge in [0.1, 0.15) is 0 Å². The van der Waals surface area contributed by atoms with Gasteiger partial charge in [-0.1, -0.05) is 17.7 Å². The summed E-state index contributed by atoms with van der Waals surface area (Å²) in [5.74, 6) is 0.245. The molecule has 0 fully saturated rings. The van der Waals surface area contributed by atoms with Gasteiger partial charge < -0.3 is 0 Å². The normalized spacial score (nSPS) is 16.5. The van der Waals surface area contributed by atoms with Gasteiger partial charge in [-0.15, -0.1) is 11.3 Å². The molecule has 1 aliphatic rings. The third-order valence-corrected chi connectivity index (χ3v) is 5.45. The van der Waals surface area contributed by atoms with Crippen molar-refractivity contribution in [3.05, 3.63) is 56.8 Å². The number of nitrogens with zero attached hydrogens (tertiary/aromatic N) is 1. The Bertz CT molecular complexity index is 674. The molecule has 1 aliphatic heterocycles. The van der Waals surface area contributed by atoms with Crippen molar-refractivity contribution in [2.75, 3.05) is 6.54 Å². The lowest BCUT2D eigenvalue weighted by Crippen LogP contribution is -2.42. The minimum Gasteiger partial charge on any atom is -0.292 e. The molecule has 21 heavy (non-hydrogen) atoms. The van der Waals surface area contributed by atoms with Gasteiger partial charge in [0.25, 0.3) is 0 Å². The van der Waals surface area contributed by atoms with E-state index in [2.05, 4.69) is 22.4 Å². The number of rotatable bonds is 3. The maximum Gasteiger partial charge on any atom is 0.179 e. The second-order valence-corrected chi connectivity index (χ2v) is 6.95. The van der Waals surface area contributed by atoms with Crippen LogP contribution in [-0.2, 0) is 13.0 Å². The Hall–Kier alpha value is -1.45. The summed E-state index contributed by atoms with van der Waals surface area (Å²) in [6.45, 7) is 7.98. The van der Waals surface area contributed by atoms with Crippen LogP contribution < -0.4 is 0 Å². The average Bonchev–Trinajstić information content (AvgIpc) is 2.95. The zero-order valence-corrected chi connectivity index (χ0v) is 13.7. The van der Waals surface area contributed by atoms with Crippen molar-refractivity contribution in [1.82, 2.24) is 4.90 Å². The Labute approximate surface area is 130 Å². The topological polar surface area (TPSA) is 20.3 Å². The van der Waals surface area contributed by atoms with Crippen LogP contribution in [0, 0.1) is 13.8 Å². The van der Waals surface area contributed by atoms with E-state index in [9.17, 15) is 4.79 Å². The number of hydrogen-bond acceptors (Lipinski definition) is 3. The van der Waals surface area contributed by atoms with Crippen LogP contribution in [0.1, 0.15) is 38.8 Å². The number of carbonyl (C=O) groups is 1. The molecular weight excluding hydrogens is 278 g/mol. The first-order chi connectivity index (χ1) is 10.1. The Balaban J connectivity index is 1.81. The van der Waals surface area contributed by atoms with Crippen LogP contribution in [0.15, 0.2) is 29.6 Å². The molecule has 0 N–H and O–H groups in total. The van der Waals surface area contributed by atoms with Crippen molar-refractivity contribution in [2.45, 2.75) is 39.8 Å². The minimum absolute atomic E-state index is 0.0569. The number of hydrogen-bond donors (Lipinski definition) is 0. The fourth-order valence-electron chi connectivity index (χ4n) is 2.99. The highest BCUT2D eigenvalue weighted by Gasteiger charge is 2.27. The van der Waals surface area contributed by atoms with E-state index in [0.717, 1.165) is 36.2 Å². The molecule has 0 bridgehead atoms. The fraction of sp³-hybridized carbons (Fsp3) is 0.389. The Morgan fingerprint density at radius 1 is 1.29 bits per heavy atom. The van der Waals surface area contributed by atoms with Crippen LogP contribution in [0.4, 0.5) is 0 Å². The van der Waals surface area contributed by atoms with Gasteiger partial charge in [0.15, 0.2) is 5.78 Å². The first kappa shape index (κ1) is 14.5. The van der Waals surface area contributed by atoms with Gasteiger partial charge in [0, 0.05) is 23.5 Å². The molecule has 3 heteroatoms. The number of aryl methyl sites for hydroxylation is 2. The molecule has 2 aromatic rings. The average molecular weight is 299 g/mol. The smallest absolute Gasteiger partial charge is 0.179 e. The van der Waals surface area contributed by atoms with E-state index in [1.165, 1.54) is 10.4 Å². The highest BCUT2D eigenvalue weighted by molar-refractivity contribution is 7.10. The predicted molar refractivity (Wildman–Crippen MR) is 88.1 cm³/mol. The quantitative estimate of drug-likeness (QED) is 0.799. The van der Waals surface area contributed by atoms with Crippen LogP contribution in [0.5, 0.6) is 0 Å². The Morgan fingerprint density at radius 3 is 2.90 bits per heavy atom. The molecule has 2 heterocycles. The summed E-state index contributed by atoms with van der Waals surface area (Å²) in [6.07, 6.45) is 1.07. The number of benzene rings is 1. The van der Waals surface area contributed by atoms with Crippen LogP contribution in [-0.4, -0.2) is 23.3 Å². The van der Waals surface area contributed by atoms with Crippen molar-refractivity contribution < 1.29 is 4.79 Å². The summed E-state index contributed by atoms with van der Waals surface area (Å²) in [5.41, 5.74) is 4.49. The van der Waals surface area contributed by atoms with Crippen molar-refractivity contribution in [3.8, 4) is 0 Å². The van der Waals surface area contributed by atoms with Crippen LogP contribution >= 0.6 is 11.3 Å². The maximum atomic E-state index is 12.8. The van der Waals surface area contributed by atoms with E-state index in [0.29, 0.717) is 0 Å². The van der Waals surface area contributed by atoms with Crippen LogP contribution in [0.25, 0.3) is 0 Å². The largest absolute Gasteiger partial charge is 0.292 e. The summed E-state index contributed by atoms with van der Waals surface area (Å²) in [7, 11) is 0. The zero-order valence-electron chi connectivity index (χ0n) is 12.8. The summed E-state index contributed by atoms with van der Waals surface area (Å²) in [6, 6.07) is 8.27. The van der Waals surface area contributed by atoms with Gasteiger partial charge in [-0.2, -0.15) is 0 Å². The van der Waals surface area contributed by atoms with Gasteiger partial charge in [-0.3, -0.25) is 9.69 Å². The molecular formula is C18H21NOS. The highest BCUT2D eigenvalue weighted by atomic mass is 32.1. The second-order valence-electron chi connectivity index (χ2n) is 5.95. The molecule has 0 radical (unpaired) electrons. The van der Waals surface area contributed by atoms with Gasteiger partial charge in [0.2, 0.25) is 0 Å². The third-order valence-electron chi connectivity index (χ3n) is 4.42. The minimum atomic E-state index is -0.0569. The first-order valence-corrected chi connectivity index (χ1v) is 8.35. The molecule has 3 rings (SSSR count). The van der Waals surface area contributed by atoms with E-state index < -0.39 is 0 Å². The highest BCUT2D eigenvalue weighted by Crippen LogP contribution is 2.26. The van der Waals surface area contributed by atoms with Crippen molar-refractivity contribution in [1.29, 1.82) is 0 Å². The number of fused-ring (bicyclic) bond motifs is 1. The lowest BCUT2D eigenvalue weighted by molar-refractivity contribution is 0.0820. The predicted octanol–water partition coefficient (Wildman–Crippen LogP) is 3.99. The van der Waals surface area contributed by atoms with Crippen molar-refractivity contribution in [3.63, 3.8) is 0 Å². The first-order valence-electron chi connectivity index (χ1n) is 7.47. The molecule has 1 atom stereocenters. The second kappa shape index (κ2) is 5.74. The Morgan fingerprint density at radius 2 is 2.10 bits per heavy atom. The van der Waals surface area contributed by atoms with Crippen LogP contribution in [0.2, 0.25) is 0 Å². The molecule has 2 nitrogen and oxygen atoms in total. The fourth-order valence-corrected chi connectivity index (χ4v) is 3.88. The van der Waals surface area contributed by atoms with E-state index in [1.807, 2.05) is 44.2 Å². The van der Waals surface area contributed by atoms with E-state index in [-0.39, 0.29) is 11.8 Å². The lowest BCUT2D eigenvalue weighted by Gasteiger charge is -2.31. The third kappa shape index (κ3) is 2.81. The Kier molecular flexibility index (Phi) is 3.96. The standard InChI is InChI=1S/C18H21NOS/c1-12-4-5-13(2)16(10-12)18(20)14(3)19-8-6-17-15(11-19)7-9-21-17/h4-5,7,9-10,14H,6,8,11H2,1-3H3. The number of ketones is 1. The maximum absolute atomic E-state index is 12.8. The summed E-state index contributed by atoms with van der Waals surface area (Å²) in [4.78, 5) is 16.6. The number of carbonyl (C=O) groups excluding carboxylic acids is 1. The summed E-state index contributed by atoms with van der Waals surface area (Å²) >= 11 is 1.84. The molecule has 1 aromatic heterocycles. The lowest BCUT2D eigenvalue weighted by atomic mass is 9.96. The molecule has 1 unspecified atom stereocenters.